The molecule has 0 heterocycles. The van der Waals surface area contributed by atoms with Gasteiger partial charge in [0.25, 0.3) is 0 Å². The molecule has 0 bridgehead atoms. The van der Waals surface area contributed by atoms with Crippen molar-refractivity contribution < 1.29 is 14.3 Å². The number of rotatable bonds is 8. The summed E-state index contributed by atoms with van der Waals surface area (Å²) >= 11 is 0. The van der Waals surface area contributed by atoms with Gasteiger partial charge in [-0.05, 0) is 18.1 Å². The van der Waals surface area contributed by atoms with Gasteiger partial charge in [-0.25, -0.2) is 0 Å². The molecule has 1 aromatic rings. The molecule has 1 atom stereocenters. The number of amides is 1. The van der Waals surface area contributed by atoms with Crippen molar-refractivity contribution in [1.29, 1.82) is 0 Å². The average molecular weight is 266 g/mol. The summed E-state index contributed by atoms with van der Waals surface area (Å²) in [5.74, 6) is 0.969. The van der Waals surface area contributed by atoms with Gasteiger partial charge in [0.2, 0.25) is 5.91 Å². The van der Waals surface area contributed by atoms with E-state index in [4.69, 9.17) is 15.2 Å². The van der Waals surface area contributed by atoms with Gasteiger partial charge in [0, 0.05) is 25.4 Å². The van der Waals surface area contributed by atoms with E-state index in [0.717, 1.165) is 0 Å². The molecule has 5 heteroatoms. The van der Waals surface area contributed by atoms with Gasteiger partial charge in [0.05, 0.1) is 19.6 Å². The molecule has 1 unspecified atom stereocenters. The van der Waals surface area contributed by atoms with E-state index in [2.05, 4.69) is 5.32 Å². The highest BCUT2D eigenvalue weighted by Crippen LogP contribution is 2.14. The van der Waals surface area contributed by atoms with Crippen molar-refractivity contribution in [2.24, 2.45) is 5.92 Å². The van der Waals surface area contributed by atoms with Crippen LogP contribution in [0.3, 0.4) is 0 Å². The van der Waals surface area contributed by atoms with E-state index >= 15 is 0 Å². The van der Waals surface area contributed by atoms with Crippen molar-refractivity contribution in [2.45, 2.75) is 13.3 Å². The van der Waals surface area contributed by atoms with E-state index in [-0.39, 0.29) is 5.91 Å². The fourth-order valence-electron chi connectivity index (χ4n) is 1.59. The first kappa shape index (κ1) is 15.3. The Kier molecular flexibility index (Phi) is 6.74. The summed E-state index contributed by atoms with van der Waals surface area (Å²) in [6, 6.07) is 7.15. The van der Waals surface area contributed by atoms with Crippen LogP contribution in [0.1, 0.15) is 13.3 Å². The minimum absolute atomic E-state index is 0.0214. The van der Waals surface area contributed by atoms with Gasteiger partial charge in [-0.15, -0.1) is 0 Å². The van der Waals surface area contributed by atoms with Crippen LogP contribution in [0.15, 0.2) is 24.3 Å². The lowest BCUT2D eigenvalue weighted by molar-refractivity contribution is -0.121. The monoisotopic (exact) mass is 266 g/mol. The molecule has 0 radical (unpaired) electrons. The van der Waals surface area contributed by atoms with Crippen LogP contribution in [0.4, 0.5) is 5.69 Å². The Morgan fingerprint density at radius 2 is 2.26 bits per heavy atom. The van der Waals surface area contributed by atoms with Crippen molar-refractivity contribution in [3.05, 3.63) is 24.3 Å². The molecule has 1 aromatic carbocycles. The van der Waals surface area contributed by atoms with E-state index < -0.39 is 0 Å². The van der Waals surface area contributed by atoms with Crippen LogP contribution in [0.5, 0.6) is 5.75 Å². The molecule has 0 saturated carbocycles. The third-order valence-corrected chi connectivity index (χ3v) is 2.55. The van der Waals surface area contributed by atoms with Crippen LogP contribution >= 0.6 is 0 Å². The zero-order chi connectivity index (χ0) is 14.1. The third-order valence-electron chi connectivity index (χ3n) is 2.55. The summed E-state index contributed by atoms with van der Waals surface area (Å²) < 4.78 is 10.4. The molecular formula is C14H22N2O3. The number of anilines is 1. The number of hydrogen-bond donors (Lipinski definition) is 2. The first-order valence-electron chi connectivity index (χ1n) is 6.35. The molecule has 0 aliphatic heterocycles. The quantitative estimate of drug-likeness (QED) is 0.698. The van der Waals surface area contributed by atoms with Gasteiger partial charge >= 0.3 is 0 Å². The Morgan fingerprint density at radius 1 is 1.47 bits per heavy atom. The second-order valence-corrected chi connectivity index (χ2v) is 4.54. The number of nitrogens with two attached hydrogens (primary N) is 1. The maximum absolute atomic E-state index is 11.6. The first-order valence-corrected chi connectivity index (χ1v) is 6.35. The average Bonchev–Trinajstić information content (AvgIpc) is 2.37. The molecule has 0 spiro atoms. The molecule has 1 rings (SSSR count). The smallest absolute Gasteiger partial charge is 0.223 e. The van der Waals surface area contributed by atoms with Crippen LogP contribution in [-0.2, 0) is 9.53 Å². The number of nitrogen functional groups attached to an aromatic ring is 1. The van der Waals surface area contributed by atoms with E-state index in [0.29, 0.717) is 43.5 Å². The molecule has 5 nitrogen and oxygen atoms in total. The van der Waals surface area contributed by atoms with Crippen LogP contribution in [0.25, 0.3) is 0 Å². The van der Waals surface area contributed by atoms with E-state index in [1.807, 2.05) is 19.1 Å². The Hall–Kier alpha value is -1.75. The summed E-state index contributed by atoms with van der Waals surface area (Å²) in [5, 5.41) is 2.84. The second-order valence-electron chi connectivity index (χ2n) is 4.54. The Labute approximate surface area is 114 Å². The minimum atomic E-state index is -0.0214. The highest BCUT2D eigenvalue weighted by molar-refractivity contribution is 5.75. The van der Waals surface area contributed by atoms with Gasteiger partial charge in [-0.3, -0.25) is 4.79 Å². The Balaban J connectivity index is 2.17. The second kappa shape index (κ2) is 8.37. The standard InChI is InChI=1S/C14H22N2O3/c1-11(10-18-2)9-16-14(17)6-7-19-13-5-3-4-12(15)8-13/h3-5,8,11H,6-7,9-10,15H2,1-2H3,(H,16,17). The van der Waals surface area contributed by atoms with Gasteiger partial charge in [0.1, 0.15) is 5.75 Å². The predicted octanol–water partition coefficient (Wildman–Crippen LogP) is 1.44. The number of methoxy groups -OCH3 is 1. The zero-order valence-electron chi connectivity index (χ0n) is 11.5. The first-order chi connectivity index (χ1) is 9.11. The molecule has 0 aliphatic rings. The van der Waals surface area contributed by atoms with Gasteiger partial charge < -0.3 is 20.5 Å². The minimum Gasteiger partial charge on any atom is -0.493 e. The van der Waals surface area contributed by atoms with E-state index in [1.54, 1.807) is 19.2 Å². The number of ether oxygens (including phenoxy) is 2. The SMILES string of the molecule is COCC(C)CNC(=O)CCOc1cccc(N)c1. The fraction of sp³-hybridized carbons (Fsp3) is 0.500. The molecule has 1 amide bonds. The van der Waals surface area contributed by atoms with E-state index in [9.17, 15) is 4.79 Å². The largest absolute Gasteiger partial charge is 0.493 e. The van der Waals surface area contributed by atoms with Gasteiger partial charge in [0.15, 0.2) is 0 Å². The summed E-state index contributed by atoms with van der Waals surface area (Å²) in [5.41, 5.74) is 6.28. The summed E-state index contributed by atoms with van der Waals surface area (Å²) in [6.07, 6.45) is 0.328. The van der Waals surface area contributed by atoms with Crippen molar-refractivity contribution in [3.8, 4) is 5.75 Å². The fourth-order valence-corrected chi connectivity index (χ4v) is 1.59. The lowest BCUT2D eigenvalue weighted by atomic mass is 10.2. The summed E-state index contributed by atoms with van der Waals surface area (Å²) in [4.78, 5) is 11.6. The Morgan fingerprint density at radius 3 is 2.95 bits per heavy atom. The van der Waals surface area contributed by atoms with Crippen LogP contribution < -0.4 is 15.8 Å². The van der Waals surface area contributed by atoms with Crippen LogP contribution in [0.2, 0.25) is 0 Å². The normalized spacial score (nSPS) is 11.9. The molecular weight excluding hydrogens is 244 g/mol. The Bertz CT molecular complexity index is 396. The summed E-state index contributed by atoms with van der Waals surface area (Å²) in [6.45, 7) is 3.62. The summed E-state index contributed by atoms with van der Waals surface area (Å²) in [7, 11) is 1.65. The topological polar surface area (TPSA) is 73.6 Å². The van der Waals surface area contributed by atoms with Crippen LogP contribution in [0, 0.1) is 5.92 Å². The number of hydrogen-bond acceptors (Lipinski definition) is 4. The van der Waals surface area contributed by atoms with Crippen LogP contribution in [-0.4, -0.2) is 32.8 Å². The molecule has 0 aliphatic carbocycles. The highest BCUT2D eigenvalue weighted by Gasteiger charge is 2.05. The molecule has 0 aromatic heterocycles. The molecule has 19 heavy (non-hydrogen) atoms. The number of nitrogens with one attached hydrogen (secondary N) is 1. The molecule has 106 valence electrons. The number of benzene rings is 1. The van der Waals surface area contributed by atoms with Crippen molar-refractivity contribution in [3.63, 3.8) is 0 Å². The number of carbonyl (C=O) groups is 1. The zero-order valence-corrected chi connectivity index (χ0v) is 11.5. The van der Waals surface area contributed by atoms with E-state index in [1.165, 1.54) is 0 Å². The van der Waals surface area contributed by atoms with Gasteiger partial charge in [-0.2, -0.15) is 0 Å². The maximum atomic E-state index is 11.6. The molecule has 0 fully saturated rings. The lowest BCUT2D eigenvalue weighted by Gasteiger charge is -2.11. The highest BCUT2D eigenvalue weighted by atomic mass is 16.5. The molecule has 0 saturated heterocycles. The predicted molar refractivity (Wildman–Crippen MR) is 75.0 cm³/mol. The van der Waals surface area contributed by atoms with Crippen molar-refractivity contribution >= 4 is 11.6 Å². The lowest BCUT2D eigenvalue weighted by Crippen LogP contribution is -2.30. The molecule has 3 N–H and O–H groups in total. The van der Waals surface area contributed by atoms with Crippen molar-refractivity contribution in [2.75, 3.05) is 32.6 Å². The maximum Gasteiger partial charge on any atom is 0.223 e. The van der Waals surface area contributed by atoms with Gasteiger partial charge in [-0.1, -0.05) is 13.0 Å². The van der Waals surface area contributed by atoms with Crippen molar-refractivity contribution in [1.82, 2.24) is 5.32 Å². The number of carbonyl (C=O) groups excluding carboxylic acids is 1. The third kappa shape index (κ3) is 6.67.